The van der Waals surface area contributed by atoms with Gasteiger partial charge in [0, 0.05) is 38.0 Å². The Morgan fingerprint density at radius 1 is 0.974 bits per heavy atom. The Bertz CT molecular complexity index is 1180. The molecule has 2 amide bonds. The second-order valence-corrected chi connectivity index (χ2v) is 11.3. The van der Waals surface area contributed by atoms with Crippen molar-refractivity contribution >= 4 is 11.8 Å². The number of hydrogen-bond donors (Lipinski definition) is 1. The van der Waals surface area contributed by atoms with Gasteiger partial charge in [0.2, 0.25) is 5.91 Å². The lowest BCUT2D eigenvalue weighted by Crippen LogP contribution is -2.49. The molecule has 3 aliphatic rings. The molecule has 1 saturated carbocycles. The zero-order valence-corrected chi connectivity index (χ0v) is 22.0. The van der Waals surface area contributed by atoms with Gasteiger partial charge in [-0.1, -0.05) is 32.0 Å². The van der Waals surface area contributed by atoms with Gasteiger partial charge in [-0.05, 0) is 49.7 Å². The van der Waals surface area contributed by atoms with Crippen LogP contribution in [0.5, 0.6) is 0 Å². The van der Waals surface area contributed by atoms with E-state index in [-0.39, 0.29) is 47.7 Å². The molecule has 7 nitrogen and oxygen atoms in total. The zero-order chi connectivity index (χ0) is 27.2. The first-order chi connectivity index (χ1) is 18.1. The van der Waals surface area contributed by atoms with Crippen molar-refractivity contribution in [1.29, 1.82) is 0 Å². The van der Waals surface area contributed by atoms with Crippen LogP contribution in [0.3, 0.4) is 0 Å². The van der Waals surface area contributed by atoms with E-state index in [1.165, 1.54) is 12.1 Å². The van der Waals surface area contributed by atoms with Crippen molar-refractivity contribution in [2.45, 2.75) is 76.0 Å². The van der Waals surface area contributed by atoms with Gasteiger partial charge in [0.25, 0.3) is 5.91 Å². The maximum Gasteiger partial charge on any atom is 0.416 e. The zero-order valence-electron chi connectivity index (χ0n) is 22.0. The van der Waals surface area contributed by atoms with Gasteiger partial charge >= 0.3 is 6.18 Å². The predicted octanol–water partition coefficient (Wildman–Crippen LogP) is 4.56. The number of amides is 2. The highest BCUT2D eigenvalue weighted by Gasteiger charge is 2.40. The van der Waals surface area contributed by atoms with Gasteiger partial charge in [-0.2, -0.15) is 18.3 Å². The van der Waals surface area contributed by atoms with Crippen molar-refractivity contribution < 1.29 is 22.8 Å². The molecule has 2 saturated heterocycles. The molecule has 2 aliphatic heterocycles. The minimum atomic E-state index is -4.42. The summed E-state index contributed by atoms with van der Waals surface area (Å²) in [6, 6.07) is 5.26. The molecular weight excluding hydrogens is 495 g/mol. The molecule has 3 heterocycles. The number of aromatic nitrogens is 2. The van der Waals surface area contributed by atoms with Crippen molar-refractivity contribution in [2.75, 3.05) is 26.2 Å². The van der Waals surface area contributed by atoms with Crippen LogP contribution in [-0.2, 0) is 11.0 Å². The van der Waals surface area contributed by atoms with Crippen LogP contribution in [0.2, 0.25) is 0 Å². The van der Waals surface area contributed by atoms with Gasteiger partial charge in [-0.25, -0.2) is 0 Å². The predicted molar refractivity (Wildman–Crippen MR) is 137 cm³/mol. The van der Waals surface area contributed by atoms with E-state index in [4.69, 9.17) is 5.73 Å². The lowest BCUT2D eigenvalue weighted by molar-refractivity contribution is -0.138. The third-order valence-corrected chi connectivity index (χ3v) is 8.34. The van der Waals surface area contributed by atoms with Crippen LogP contribution < -0.4 is 5.73 Å². The van der Waals surface area contributed by atoms with Crippen molar-refractivity contribution in [3.05, 3.63) is 52.8 Å². The molecule has 1 aromatic carbocycles. The molecule has 0 bridgehead atoms. The second kappa shape index (κ2) is 10.4. The van der Waals surface area contributed by atoms with E-state index in [0.717, 1.165) is 37.4 Å². The van der Waals surface area contributed by atoms with Crippen LogP contribution >= 0.6 is 0 Å². The molecule has 0 spiro atoms. The van der Waals surface area contributed by atoms with Crippen LogP contribution in [-0.4, -0.2) is 63.6 Å². The summed E-state index contributed by atoms with van der Waals surface area (Å²) in [5.74, 6) is -0.174. The first-order valence-corrected chi connectivity index (χ1v) is 13.6. The topological polar surface area (TPSA) is 84.5 Å². The van der Waals surface area contributed by atoms with E-state index in [1.54, 1.807) is 17.2 Å². The summed E-state index contributed by atoms with van der Waals surface area (Å²) >= 11 is 0. The normalized spacial score (nSPS) is 21.8. The number of nitrogens with zero attached hydrogens (tertiary/aromatic N) is 4. The van der Waals surface area contributed by atoms with Crippen molar-refractivity contribution in [2.24, 2.45) is 11.7 Å². The highest BCUT2D eigenvalue weighted by atomic mass is 19.4. The fraction of sp³-hybridized carbons (Fsp3) is 0.607. The molecule has 5 rings (SSSR count). The number of nitrogens with two attached hydrogens (primary N) is 1. The van der Waals surface area contributed by atoms with Gasteiger partial charge in [-0.3, -0.25) is 14.3 Å². The Labute approximate surface area is 221 Å². The molecule has 1 aliphatic carbocycles. The Morgan fingerprint density at radius 2 is 1.63 bits per heavy atom. The number of carbonyl (C=O) groups excluding carboxylic acids is 2. The minimum Gasteiger partial charge on any atom is -0.341 e. The number of hydrogen-bond acceptors (Lipinski definition) is 4. The molecule has 2 N–H and O–H groups in total. The number of halogens is 3. The summed E-state index contributed by atoms with van der Waals surface area (Å²) in [7, 11) is 0. The molecule has 206 valence electrons. The van der Waals surface area contributed by atoms with Crippen LogP contribution in [0.1, 0.15) is 91.0 Å². The Hall–Kier alpha value is -2.88. The first-order valence-electron chi connectivity index (χ1n) is 13.6. The van der Waals surface area contributed by atoms with Gasteiger partial charge in [0.1, 0.15) is 0 Å². The third-order valence-electron chi connectivity index (χ3n) is 8.34. The van der Waals surface area contributed by atoms with Crippen molar-refractivity contribution in [3.63, 3.8) is 0 Å². The summed E-state index contributed by atoms with van der Waals surface area (Å²) in [6.45, 7) is 5.76. The average Bonchev–Trinajstić information content (AvgIpc) is 3.44. The van der Waals surface area contributed by atoms with Crippen LogP contribution in [0.4, 0.5) is 13.2 Å². The lowest BCUT2D eigenvalue weighted by atomic mass is 9.93. The van der Waals surface area contributed by atoms with Crippen molar-refractivity contribution in [1.82, 2.24) is 19.6 Å². The maximum atomic E-state index is 13.6. The molecule has 2 atom stereocenters. The number of carbonyl (C=O) groups is 2. The summed E-state index contributed by atoms with van der Waals surface area (Å²) in [5, 5.41) is 4.64. The summed E-state index contributed by atoms with van der Waals surface area (Å²) in [5.41, 5.74) is 7.22. The molecule has 0 radical (unpaired) electrons. The molecule has 3 fully saturated rings. The fourth-order valence-electron chi connectivity index (χ4n) is 5.90. The van der Waals surface area contributed by atoms with Crippen molar-refractivity contribution in [3.8, 4) is 0 Å². The van der Waals surface area contributed by atoms with Crippen LogP contribution in [0, 0.1) is 5.92 Å². The Morgan fingerprint density at radius 3 is 2.26 bits per heavy atom. The largest absolute Gasteiger partial charge is 0.416 e. The molecule has 38 heavy (non-hydrogen) atoms. The van der Waals surface area contributed by atoms with E-state index in [1.807, 2.05) is 23.4 Å². The number of rotatable bonds is 6. The summed E-state index contributed by atoms with van der Waals surface area (Å²) in [6.07, 6.45) is 1.18. The first kappa shape index (κ1) is 26.7. The van der Waals surface area contributed by atoms with Gasteiger partial charge in [0.15, 0.2) is 0 Å². The number of benzene rings is 1. The third kappa shape index (κ3) is 5.19. The Kier molecular flexibility index (Phi) is 7.28. The SMILES string of the molecule is CC(C)[C@H](N)C(=O)N1CCC(n2ncc(C(=O)N3CC[C@@H](c4ccccc4C(F)(F)F)C3)c2C2CC2)CC1. The average molecular weight is 532 g/mol. The highest BCUT2D eigenvalue weighted by Crippen LogP contribution is 2.44. The smallest absolute Gasteiger partial charge is 0.341 e. The molecule has 2 aromatic rings. The maximum absolute atomic E-state index is 13.6. The van der Waals surface area contributed by atoms with Gasteiger partial charge < -0.3 is 15.5 Å². The summed E-state index contributed by atoms with van der Waals surface area (Å²) in [4.78, 5) is 29.8. The van der Waals surface area contributed by atoms with E-state index >= 15 is 0 Å². The standard InChI is InChI=1S/C28H36F3N5O2/c1-17(2)24(32)27(38)34-13-10-20(11-14-34)36-25(18-7-8-18)22(15-33-36)26(37)35-12-9-19(16-35)21-5-3-4-6-23(21)28(29,30)31/h3-6,15,17-20,24H,7-14,16,32H2,1-2H3/t19-,24+/m1/s1. The minimum absolute atomic E-state index is 0.0205. The Balaban J connectivity index is 1.29. The fourth-order valence-corrected chi connectivity index (χ4v) is 5.90. The molecule has 1 aromatic heterocycles. The van der Waals surface area contributed by atoms with E-state index in [2.05, 4.69) is 5.10 Å². The van der Waals surface area contributed by atoms with Crippen LogP contribution in [0.25, 0.3) is 0 Å². The van der Waals surface area contributed by atoms with Crippen LogP contribution in [0.15, 0.2) is 30.5 Å². The van der Waals surface area contributed by atoms with E-state index < -0.39 is 17.8 Å². The molecule has 0 unspecified atom stereocenters. The van der Waals surface area contributed by atoms with E-state index in [9.17, 15) is 22.8 Å². The lowest BCUT2D eigenvalue weighted by Gasteiger charge is -2.35. The second-order valence-electron chi connectivity index (χ2n) is 11.3. The van der Waals surface area contributed by atoms with Gasteiger partial charge in [0.05, 0.1) is 35.1 Å². The number of piperidine rings is 1. The summed E-state index contributed by atoms with van der Waals surface area (Å²) < 4.78 is 42.7. The highest BCUT2D eigenvalue weighted by molar-refractivity contribution is 5.95. The van der Waals surface area contributed by atoms with E-state index in [0.29, 0.717) is 31.6 Å². The quantitative estimate of drug-likeness (QED) is 0.593. The molecular formula is C28H36F3N5O2. The monoisotopic (exact) mass is 531 g/mol. The number of alkyl halides is 3. The number of likely N-dealkylation sites (tertiary alicyclic amines) is 2. The molecule has 10 heteroatoms. The van der Waals surface area contributed by atoms with Gasteiger partial charge in [-0.15, -0.1) is 0 Å².